The summed E-state index contributed by atoms with van der Waals surface area (Å²) in [7, 11) is 1.50. The van der Waals surface area contributed by atoms with Crippen molar-refractivity contribution in [3.63, 3.8) is 0 Å². The van der Waals surface area contributed by atoms with Gasteiger partial charge in [0.1, 0.15) is 22.8 Å². The number of aromatic nitrogens is 1. The summed E-state index contributed by atoms with van der Waals surface area (Å²) in [5, 5.41) is 12.4. The predicted molar refractivity (Wildman–Crippen MR) is 149 cm³/mol. The molecule has 0 spiro atoms. The summed E-state index contributed by atoms with van der Waals surface area (Å²) >= 11 is 6.49. The minimum atomic E-state index is -4.76. The van der Waals surface area contributed by atoms with E-state index in [2.05, 4.69) is 10.3 Å². The zero-order valence-electron chi connectivity index (χ0n) is 23.4. The third kappa shape index (κ3) is 8.60. The summed E-state index contributed by atoms with van der Waals surface area (Å²) in [4.78, 5) is 28.9. The molecule has 42 heavy (non-hydrogen) atoms. The van der Waals surface area contributed by atoms with Crippen molar-refractivity contribution >= 4 is 23.5 Å². The third-order valence-corrected chi connectivity index (χ3v) is 6.07. The van der Waals surface area contributed by atoms with Crippen LogP contribution in [0.4, 0.5) is 13.2 Å². The average molecular weight is 604 g/mol. The number of carbonyl (C=O) groups is 2. The first kappa shape index (κ1) is 32.2. The number of para-hydroxylation sites is 1. The highest BCUT2D eigenvalue weighted by molar-refractivity contribution is 6.33. The molecule has 3 rings (SSSR count). The fourth-order valence-electron chi connectivity index (χ4n) is 3.89. The molecule has 0 unspecified atom stereocenters. The molecule has 8 nitrogen and oxygen atoms in total. The van der Waals surface area contributed by atoms with E-state index in [1.54, 1.807) is 51.1 Å². The predicted octanol–water partition coefficient (Wildman–Crippen LogP) is 6.73. The number of benzene rings is 2. The van der Waals surface area contributed by atoms with Gasteiger partial charge in [0, 0.05) is 41.9 Å². The van der Waals surface area contributed by atoms with E-state index in [0.717, 1.165) is 6.20 Å². The number of nitriles is 1. The molecule has 222 valence electrons. The first-order chi connectivity index (χ1) is 19.7. The average Bonchev–Trinajstić information content (AvgIpc) is 2.92. The number of amides is 1. The second-order valence-corrected chi connectivity index (χ2v) is 10.5. The van der Waals surface area contributed by atoms with Gasteiger partial charge >= 0.3 is 12.1 Å². The first-order valence-electron chi connectivity index (χ1n) is 12.8. The Labute approximate surface area is 246 Å². The number of alkyl halides is 3. The van der Waals surface area contributed by atoms with E-state index in [9.17, 15) is 28.0 Å². The minimum absolute atomic E-state index is 0.00496. The van der Waals surface area contributed by atoms with E-state index in [-0.39, 0.29) is 59.0 Å². The fraction of sp³-hybridized carbons (Fsp3) is 0.333. The number of ether oxygens (including phenoxy) is 3. The second-order valence-electron chi connectivity index (χ2n) is 10.1. The third-order valence-electron chi connectivity index (χ3n) is 5.75. The molecule has 1 heterocycles. The lowest BCUT2D eigenvalue weighted by atomic mass is 9.98. The van der Waals surface area contributed by atoms with E-state index in [0.29, 0.717) is 17.4 Å². The Morgan fingerprint density at radius 2 is 1.79 bits per heavy atom. The maximum absolute atomic E-state index is 13.4. The fourth-order valence-corrected chi connectivity index (χ4v) is 4.14. The summed E-state index contributed by atoms with van der Waals surface area (Å²) in [5.74, 6) is -0.362. The quantitative estimate of drug-likeness (QED) is 0.202. The number of methoxy groups -OCH3 is 1. The van der Waals surface area contributed by atoms with Crippen LogP contribution in [-0.4, -0.2) is 36.2 Å². The zero-order valence-corrected chi connectivity index (χ0v) is 24.2. The van der Waals surface area contributed by atoms with Crippen molar-refractivity contribution in [1.82, 2.24) is 10.3 Å². The molecule has 3 aromatic rings. The van der Waals surface area contributed by atoms with Crippen molar-refractivity contribution < 1.29 is 37.0 Å². The van der Waals surface area contributed by atoms with E-state index < -0.39 is 29.3 Å². The molecule has 1 amide bonds. The van der Waals surface area contributed by atoms with Crippen molar-refractivity contribution in [3.05, 3.63) is 76.1 Å². The maximum Gasteiger partial charge on any atom is 0.433 e. The molecule has 12 heteroatoms. The molecular formula is C30H29ClF3N3O5. The number of hydrogen-bond donors (Lipinski definition) is 1. The van der Waals surface area contributed by atoms with Crippen LogP contribution in [0.1, 0.15) is 60.8 Å². The highest BCUT2D eigenvalue weighted by Crippen LogP contribution is 2.37. The van der Waals surface area contributed by atoms with Crippen LogP contribution in [0.2, 0.25) is 5.02 Å². The van der Waals surface area contributed by atoms with E-state index in [4.69, 9.17) is 25.8 Å². The number of halogens is 4. The molecular weight excluding hydrogens is 575 g/mol. The van der Waals surface area contributed by atoms with Crippen LogP contribution in [0.15, 0.2) is 48.7 Å². The number of esters is 1. The molecule has 0 bridgehead atoms. The molecule has 2 aromatic carbocycles. The zero-order chi connectivity index (χ0) is 31.1. The lowest BCUT2D eigenvalue weighted by Gasteiger charge is -2.19. The molecule has 0 aliphatic rings. The van der Waals surface area contributed by atoms with Gasteiger partial charge in [-0.25, -0.2) is 0 Å². The van der Waals surface area contributed by atoms with Gasteiger partial charge in [0.05, 0.1) is 35.9 Å². The monoisotopic (exact) mass is 603 g/mol. The van der Waals surface area contributed by atoms with Crippen LogP contribution < -0.4 is 14.8 Å². The van der Waals surface area contributed by atoms with E-state index in [1.807, 2.05) is 0 Å². The van der Waals surface area contributed by atoms with Crippen LogP contribution in [0.3, 0.4) is 0 Å². The molecule has 0 saturated heterocycles. The highest BCUT2D eigenvalue weighted by atomic mass is 35.5. The summed E-state index contributed by atoms with van der Waals surface area (Å²) < 4.78 is 56.0. The number of carbonyl (C=O) groups excluding carboxylic acids is 2. The van der Waals surface area contributed by atoms with Crippen LogP contribution >= 0.6 is 11.6 Å². The molecule has 0 atom stereocenters. The summed E-state index contributed by atoms with van der Waals surface area (Å²) in [6, 6.07) is 12.1. The summed E-state index contributed by atoms with van der Waals surface area (Å²) in [6.45, 7) is 5.39. The molecule has 0 saturated carbocycles. The van der Waals surface area contributed by atoms with Gasteiger partial charge in [-0.2, -0.15) is 18.4 Å². The Bertz CT molecular complexity index is 1500. The maximum atomic E-state index is 13.4. The Kier molecular flexibility index (Phi) is 10.4. The van der Waals surface area contributed by atoms with Crippen molar-refractivity contribution in [2.75, 3.05) is 13.7 Å². The minimum Gasteiger partial charge on any atom is -0.496 e. The molecule has 0 fully saturated rings. The number of rotatable bonds is 10. The van der Waals surface area contributed by atoms with Gasteiger partial charge in [-0.3, -0.25) is 14.6 Å². The number of nitrogens with one attached hydrogen (secondary N) is 1. The molecule has 0 radical (unpaired) electrons. The Balaban J connectivity index is 1.94. The standard InChI is InChI=1S/C30H29ClF3N3O5/c1-29(2,3)42-27(38)10-7-11-41-25-14-23(31)20(22-17-36-26(30(32,33)34)12-19(22)15-35)13-21(25)28(39)37-16-18-8-5-6-9-24(18)40-4/h5-6,8-9,12-14,17H,7,10-11,16H2,1-4H3,(H,37,39). The van der Waals surface area contributed by atoms with Gasteiger partial charge in [0.2, 0.25) is 0 Å². The van der Waals surface area contributed by atoms with E-state index in [1.165, 1.54) is 19.2 Å². The van der Waals surface area contributed by atoms with Crippen molar-refractivity contribution in [3.8, 4) is 28.7 Å². The van der Waals surface area contributed by atoms with Crippen LogP contribution in [0.25, 0.3) is 11.1 Å². The highest BCUT2D eigenvalue weighted by Gasteiger charge is 2.33. The van der Waals surface area contributed by atoms with E-state index >= 15 is 0 Å². The van der Waals surface area contributed by atoms with Gasteiger partial charge in [-0.05, 0) is 45.4 Å². The van der Waals surface area contributed by atoms with Gasteiger partial charge in [-0.15, -0.1) is 0 Å². The molecule has 0 aliphatic carbocycles. The lowest BCUT2D eigenvalue weighted by molar-refractivity contribution is -0.155. The van der Waals surface area contributed by atoms with Crippen LogP contribution in [-0.2, 0) is 22.3 Å². The molecule has 0 aliphatic heterocycles. The molecule has 1 N–H and O–H groups in total. The van der Waals surface area contributed by atoms with Crippen LogP contribution in [0, 0.1) is 11.3 Å². The number of nitrogens with zero attached hydrogens (tertiary/aromatic N) is 2. The Morgan fingerprint density at radius 1 is 1.07 bits per heavy atom. The largest absolute Gasteiger partial charge is 0.496 e. The first-order valence-corrected chi connectivity index (χ1v) is 13.2. The van der Waals surface area contributed by atoms with Gasteiger partial charge in [-0.1, -0.05) is 29.8 Å². The Morgan fingerprint density at radius 3 is 2.43 bits per heavy atom. The Hall–Kier alpha value is -4.30. The van der Waals surface area contributed by atoms with Crippen molar-refractivity contribution in [2.45, 2.75) is 51.9 Å². The van der Waals surface area contributed by atoms with Crippen molar-refractivity contribution in [1.29, 1.82) is 5.26 Å². The van der Waals surface area contributed by atoms with Crippen LogP contribution in [0.5, 0.6) is 11.5 Å². The summed E-state index contributed by atoms with van der Waals surface area (Å²) in [5.41, 5.74) is -1.39. The lowest BCUT2D eigenvalue weighted by Crippen LogP contribution is -2.24. The van der Waals surface area contributed by atoms with Crippen molar-refractivity contribution in [2.24, 2.45) is 0 Å². The normalized spacial score (nSPS) is 11.4. The number of hydrogen-bond acceptors (Lipinski definition) is 7. The van der Waals surface area contributed by atoms with Gasteiger partial charge in [0.15, 0.2) is 0 Å². The van der Waals surface area contributed by atoms with Gasteiger partial charge < -0.3 is 19.5 Å². The van der Waals surface area contributed by atoms with Gasteiger partial charge in [0.25, 0.3) is 5.91 Å². The summed E-state index contributed by atoms with van der Waals surface area (Å²) in [6.07, 6.45) is -3.52. The smallest absolute Gasteiger partial charge is 0.433 e. The SMILES string of the molecule is COc1ccccc1CNC(=O)c1cc(-c2cnc(C(F)(F)F)cc2C#N)c(Cl)cc1OCCCC(=O)OC(C)(C)C. The second kappa shape index (κ2) is 13.6. The number of pyridine rings is 1. The molecule has 1 aromatic heterocycles. The topological polar surface area (TPSA) is 111 Å².